The van der Waals surface area contributed by atoms with Gasteiger partial charge >= 0.3 is 0 Å². The van der Waals surface area contributed by atoms with Crippen LogP contribution >= 0.6 is 0 Å². The second kappa shape index (κ2) is 3.32. The van der Waals surface area contributed by atoms with Crippen molar-refractivity contribution in [3.63, 3.8) is 0 Å². The van der Waals surface area contributed by atoms with E-state index in [1.54, 1.807) is 0 Å². The molecule has 15 heavy (non-hydrogen) atoms. The molecule has 1 spiro atoms. The standard InChI is InChI=1S/C13H18N2/c14-12-6-13(7-12)9-15(10-13)8-11-4-2-1-3-5-11/h1-5,12H,6-10,14H2. The first-order valence-corrected chi connectivity index (χ1v) is 5.78. The lowest BCUT2D eigenvalue weighted by molar-refractivity contribution is -0.0752. The molecular formula is C13H18N2. The molecule has 1 aromatic carbocycles. The Bertz CT molecular complexity index is 333. The van der Waals surface area contributed by atoms with Gasteiger partial charge in [-0.25, -0.2) is 0 Å². The molecule has 2 fully saturated rings. The minimum atomic E-state index is 0.490. The fraction of sp³-hybridized carbons (Fsp3) is 0.538. The molecule has 1 aliphatic carbocycles. The van der Waals surface area contributed by atoms with E-state index < -0.39 is 0 Å². The predicted molar refractivity (Wildman–Crippen MR) is 61.4 cm³/mol. The number of nitrogens with zero attached hydrogens (tertiary/aromatic N) is 1. The largest absolute Gasteiger partial charge is 0.328 e. The molecule has 0 bridgehead atoms. The molecule has 3 rings (SSSR count). The van der Waals surface area contributed by atoms with E-state index >= 15 is 0 Å². The number of hydrogen-bond acceptors (Lipinski definition) is 2. The molecule has 0 atom stereocenters. The fourth-order valence-electron chi connectivity index (χ4n) is 3.17. The Balaban J connectivity index is 1.52. The van der Waals surface area contributed by atoms with Crippen molar-refractivity contribution in [3.8, 4) is 0 Å². The molecule has 2 aliphatic rings. The van der Waals surface area contributed by atoms with E-state index in [0.29, 0.717) is 11.5 Å². The SMILES string of the molecule is NC1CC2(C1)CN(Cc1ccccc1)C2. The topological polar surface area (TPSA) is 29.3 Å². The molecule has 2 heteroatoms. The first-order chi connectivity index (χ1) is 7.26. The number of nitrogens with two attached hydrogens (primary N) is 1. The summed E-state index contributed by atoms with van der Waals surface area (Å²) in [6.45, 7) is 3.63. The average molecular weight is 202 g/mol. The van der Waals surface area contributed by atoms with Crippen LogP contribution in [0.5, 0.6) is 0 Å². The van der Waals surface area contributed by atoms with Crippen LogP contribution in [0.2, 0.25) is 0 Å². The molecule has 0 aromatic heterocycles. The molecule has 1 aromatic rings. The molecule has 2 N–H and O–H groups in total. The normalized spacial score (nSPS) is 24.9. The lowest BCUT2D eigenvalue weighted by atomic mass is 9.61. The molecule has 1 saturated heterocycles. The maximum absolute atomic E-state index is 5.84. The van der Waals surface area contributed by atoms with E-state index in [1.807, 2.05) is 0 Å². The Kier molecular flexibility index (Phi) is 2.08. The van der Waals surface area contributed by atoms with Crippen LogP contribution in [0, 0.1) is 5.41 Å². The number of likely N-dealkylation sites (tertiary alicyclic amines) is 1. The molecule has 0 amide bonds. The van der Waals surface area contributed by atoms with Crippen LogP contribution in [0.25, 0.3) is 0 Å². The van der Waals surface area contributed by atoms with Crippen molar-refractivity contribution >= 4 is 0 Å². The molecule has 0 unspecified atom stereocenters. The molecular weight excluding hydrogens is 184 g/mol. The zero-order chi connectivity index (χ0) is 10.3. The van der Waals surface area contributed by atoms with Gasteiger partial charge in [0.2, 0.25) is 0 Å². The lowest BCUT2D eigenvalue weighted by Crippen LogP contribution is -2.64. The smallest absolute Gasteiger partial charge is 0.0234 e. The fourth-order valence-corrected chi connectivity index (χ4v) is 3.17. The van der Waals surface area contributed by atoms with E-state index in [2.05, 4.69) is 35.2 Å². The molecule has 2 nitrogen and oxygen atoms in total. The summed E-state index contributed by atoms with van der Waals surface area (Å²) < 4.78 is 0. The number of benzene rings is 1. The van der Waals surface area contributed by atoms with E-state index in [1.165, 1.54) is 31.5 Å². The first-order valence-electron chi connectivity index (χ1n) is 5.78. The van der Waals surface area contributed by atoms with Gasteiger partial charge in [-0.15, -0.1) is 0 Å². The summed E-state index contributed by atoms with van der Waals surface area (Å²) in [5.74, 6) is 0. The molecule has 80 valence electrons. The Labute approximate surface area is 91.1 Å². The predicted octanol–water partition coefficient (Wildman–Crippen LogP) is 1.61. The highest BCUT2D eigenvalue weighted by Gasteiger charge is 2.50. The second-order valence-electron chi connectivity index (χ2n) is 5.30. The van der Waals surface area contributed by atoms with Gasteiger partial charge in [0, 0.05) is 25.7 Å². The van der Waals surface area contributed by atoms with Gasteiger partial charge in [-0.2, -0.15) is 0 Å². The van der Waals surface area contributed by atoms with Gasteiger partial charge in [-0.3, -0.25) is 4.90 Å². The first kappa shape index (κ1) is 9.37. The maximum atomic E-state index is 5.84. The van der Waals surface area contributed by atoms with E-state index in [-0.39, 0.29) is 0 Å². The summed E-state index contributed by atoms with van der Waals surface area (Å²) in [6, 6.07) is 11.2. The summed E-state index contributed by atoms with van der Waals surface area (Å²) in [4.78, 5) is 2.53. The highest BCUT2D eigenvalue weighted by Crippen LogP contribution is 2.47. The molecule has 1 saturated carbocycles. The van der Waals surface area contributed by atoms with Crippen molar-refractivity contribution in [2.24, 2.45) is 11.1 Å². The Hall–Kier alpha value is -0.860. The Morgan fingerprint density at radius 2 is 1.87 bits per heavy atom. The van der Waals surface area contributed by atoms with Crippen LogP contribution in [0.1, 0.15) is 18.4 Å². The summed E-state index contributed by atoms with van der Waals surface area (Å²) >= 11 is 0. The summed E-state index contributed by atoms with van der Waals surface area (Å²) in [5, 5.41) is 0. The third-order valence-electron chi connectivity index (χ3n) is 3.76. The van der Waals surface area contributed by atoms with Crippen molar-refractivity contribution in [1.82, 2.24) is 4.90 Å². The zero-order valence-corrected chi connectivity index (χ0v) is 9.02. The highest BCUT2D eigenvalue weighted by atomic mass is 15.2. The van der Waals surface area contributed by atoms with Gasteiger partial charge in [0.05, 0.1) is 0 Å². The van der Waals surface area contributed by atoms with E-state index in [0.717, 1.165) is 6.54 Å². The van der Waals surface area contributed by atoms with Gasteiger partial charge < -0.3 is 5.73 Å². The summed E-state index contributed by atoms with van der Waals surface area (Å²) in [5.41, 5.74) is 7.89. The minimum Gasteiger partial charge on any atom is -0.328 e. The van der Waals surface area contributed by atoms with Crippen LogP contribution < -0.4 is 5.73 Å². The summed E-state index contributed by atoms with van der Waals surface area (Å²) in [7, 11) is 0. The van der Waals surface area contributed by atoms with E-state index in [9.17, 15) is 0 Å². The quantitative estimate of drug-likeness (QED) is 0.789. The lowest BCUT2D eigenvalue weighted by Gasteiger charge is -2.58. The molecule has 1 aliphatic heterocycles. The van der Waals surface area contributed by atoms with Crippen molar-refractivity contribution in [2.45, 2.75) is 25.4 Å². The van der Waals surface area contributed by atoms with Gasteiger partial charge in [0.25, 0.3) is 0 Å². The number of rotatable bonds is 2. The highest BCUT2D eigenvalue weighted by molar-refractivity contribution is 5.16. The van der Waals surface area contributed by atoms with Crippen molar-refractivity contribution in [1.29, 1.82) is 0 Å². The van der Waals surface area contributed by atoms with Crippen molar-refractivity contribution in [3.05, 3.63) is 35.9 Å². The minimum absolute atomic E-state index is 0.490. The Morgan fingerprint density at radius 3 is 2.47 bits per heavy atom. The van der Waals surface area contributed by atoms with Gasteiger partial charge in [-0.05, 0) is 23.8 Å². The van der Waals surface area contributed by atoms with Crippen molar-refractivity contribution in [2.75, 3.05) is 13.1 Å². The maximum Gasteiger partial charge on any atom is 0.0234 e. The monoisotopic (exact) mass is 202 g/mol. The number of hydrogen-bond donors (Lipinski definition) is 1. The van der Waals surface area contributed by atoms with Crippen LogP contribution in [0.3, 0.4) is 0 Å². The van der Waals surface area contributed by atoms with Gasteiger partial charge in [0.15, 0.2) is 0 Å². The van der Waals surface area contributed by atoms with Crippen LogP contribution in [0.15, 0.2) is 30.3 Å². The average Bonchev–Trinajstić information content (AvgIpc) is 2.14. The van der Waals surface area contributed by atoms with Crippen molar-refractivity contribution < 1.29 is 0 Å². The van der Waals surface area contributed by atoms with Gasteiger partial charge in [0.1, 0.15) is 0 Å². The third kappa shape index (κ3) is 1.68. The third-order valence-corrected chi connectivity index (χ3v) is 3.76. The van der Waals surface area contributed by atoms with Gasteiger partial charge in [-0.1, -0.05) is 30.3 Å². The van der Waals surface area contributed by atoms with Crippen LogP contribution in [-0.4, -0.2) is 24.0 Å². The second-order valence-corrected chi connectivity index (χ2v) is 5.30. The molecule has 0 radical (unpaired) electrons. The zero-order valence-electron chi connectivity index (χ0n) is 9.02. The molecule has 1 heterocycles. The van der Waals surface area contributed by atoms with Crippen LogP contribution in [-0.2, 0) is 6.54 Å². The Morgan fingerprint density at radius 1 is 1.20 bits per heavy atom. The summed E-state index contributed by atoms with van der Waals surface area (Å²) in [6.07, 6.45) is 2.50. The van der Waals surface area contributed by atoms with E-state index in [4.69, 9.17) is 5.73 Å². The van der Waals surface area contributed by atoms with Crippen LogP contribution in [0.4, 0.5) is 0 Å².